The maximum absolute atomic E-state index is 14.0. The van der Waals surface area contributed by atoms with Crippen LogP contribution in [0.4, 0.5) is 5.00 Å². The molecule has 5 aromatic rings. The van der Waals surface area contributed by atoms with Gasteiger partial charge in [-0.15, -0.1) is 22.7 Å². The van der Waals surface area contributed by atoms with Gasteiger partial charge < -0.3 is 11.1 Å². The molecule has 0 saturated heterocycles. The lowest BCUT2D eigenvalue weighted by molar-refractivity contribution is -0.116. The predicted octanol–water partition coefficient (Wildman–Crippen LogP) is 5.78. The summed E-state index contributed by atoms with van der Waals surface area (Å²) in [5.74, 6) is -0.606. The van der Waals surface area contributed by atoms with E-state index in [0.29, 0.717) is 16.2 Å². The first-order chi connectivity index (χ1) is 18.9. The second-order valence-corrected chi connectivity index (χ2v) is 11.9. The SMILES string of the molecule is Cc1cccc(-c2nc3sc4c(c3c(=O)n2CC(=O)Nc2sc(-c3ccccc3)cc2C(N)=O)CCCC4)c1. The third-order valence-electron chi connectivity index (χ3n) is 6.96. The van der Waals surface area contributed by atoms with Crippen LogP contribution in [0.1, 0.15) is 39.2 Å². The summed E-state index contributed by atoms with van der Waals surface area (Å²) >= 11 is 2.86. The number of nitrogens with two attached hydrogens (primary N) is 1. The van der Waals surface area contributed by atoms with Gasteiger partial charge in [0.15, 0.2) is 0 Å². The van der Waals surface area contributed by atoms with Crippen molar-refractivity contribution >= 4 is 49.7 Å². The first kappa shape index (κ1) is 25.2. The van der Waals surface area contributed by atoms with Crippen molar-refractivity contribution < 1.29 is 9.59 Å². The number of thiophene rings is 2. The highest BCUT2D eigenvalue weighted by atomic mass is 32.1. The van der Waals surface area contributed by atoms with E-state index in [1.165, 1.54) is 20.8 Å². The first-order valence-corrected chi connectivity index (χ1v) is 14.4. The maximum atomic E-state index is 14.0. The summed E-state index contributed by atoms with van der Waals surface area (Å²) in [4.78, 5) is 47.3. The Hall–Kier alpha value is -4.08. The molecular formula is C30H26N4O3S2. The molecule has 0 spiro atoms. The van der Waals surface area contributed by atoms with Gasteiger partial charge in [-0.2, -0.15) is 0 Å². The highest BCUT2D eigenvalue weighted by Gasteiger charge is 2.24. The molecule has 39 heavy (non-hydrogen) atoms. The molecule has 2 aromatic carbocycles. The minimum Gasteiger partial charge on any atom is -0.366 e. The largest absolute Gasteiger partial charge is 0.366 e. The summed E-state index contributed by atoms with van der Waals surface area (Å²) in [6.45, 7) is 1.74. The van der Waals surface area contributed by atoms with Crippen LogP contribution in [-0.4, -0.2) is 21.4 Å². The van der Waals surface area contributed by atoms with E-state index in [1.54, 1.807) is 17.4 Å². The third-order valence-corrected chi connectivity index (χ3v) is 9.25. The molecule has 9 heteroatoms. The lowest BCUT2D eigenvalue weighted by Gasteiger charge is -2.14. The number of carbonyl (C=O) groups is 2. The monoisotopic (exact) mass is 554 g/mol. The number of rotatable bonds is 6. The predicted molar refractivity (Wildman–Crippen MR) is 158 cm³/mol. The quantitative estimate of drug-likeness (QED) is 0.277. The molecule has 0 bridgehead atoms. The molecule has 3 aromatic heterocycles. The van der Waals surface area contributed by atoms with Gasteiger partial charge in [-0.1, -0.05) is 54.1 Å². The number of benzene rings is 2. The summed E-state index contributed by atoms with van der Waals surface area (Å²) < 4.78 is 1.46. The van der Waals surface area contributed by atoms with Gasteiger partial charge in [0.25, 0.3) is 11.5 Å². The number of aromatic nitrogens is 2. The fourth-order valence-corrected chi connectivity index (χ4v) is 7.45. The lowest BCUT2D eigenvalue weighted by atomic mass is 9.97. The molecule has 0 saturated carbocycles. The molecule has 0 radical (unpaired) electrons. The minimum absolute atomic E-state index is 0.211. The van der Waals surface area contributed by atoms with E-state index in [1.807, 2.05) is 61.5 Å². The maximum Gasteiger partial charge on any atom is 0.263 e. The van der Waals surface area contributed by atoms with Gasteiger partial charge in [0, 0.05) is 15.3 Å². The molecular weight excluding hydrogens is 528 g/mol. The molecule has 0 unspecified atom stereocenters. The van der Waals surface area contributed by atoms with E-state index in [0.717, 1.165) is 57.6 Å². The van der Waals surface area contributed by atoms with E-state index in [-0.39, 0.29) is 17.7 Å². The highest BCUT2D eigenvalue weighted by Crippen LogP contribution is 2.36. The van der Waals surface area contributed by atoms with Crippen LogP contribution >= 0.6 is 22.7 Å². The number of amides is 2. The van der Waals surface area contributed by atoms with Gasteiger partial charge in [-0.25, -0.2) is 4.98 Å². The number of anilines is 1. The van der Waals surface area contributed by atoms with Crippen LogP contribution in [0.2, 0.25) is 0 Å². The molecule has 0 aliphatic heterocycles. The Kier molecular flexibility index (Phi) is 6.62. The van der Waals surface area contributed by atoms with E-state index in [9.17, 15) is 14.4 Å². The fourth-order valence-electron chi connectivity index (χ4n) is 5.11. The number of hydrogen-bond donors (Lipinski definition) is 2. The molecule has 196 valence electrons. The molecule has 2 amide bonds. The van der Waals surface area contributed by atoms with Gasteiger partial charge in [0.05, 0.1) is 10.9 Å². The second kappa shape index (κ2) is 10.2. The van der Waals surface area contributed by atoms with Crippen LogP contribution in [-0.2, 0) is 24.2 Å². The number of hydrogen-bond acceptors (Lipinski definition) is 6. The Labute approximate surface area is 233 Å². The van der Waals surface area contributed by atoms with Crippen molar-refractivity contribution in [3.8, 4) is 21.8 Å². The second-order valence-electron chi connectivity index (χ2n) is 9.72. The Morgan fingerprint density at radius 3 is 2.54 bits per heavy atom. The van der Waals surface area contributed by atoms with Crippen LogP contribution in [0, 0.1) is 6.92 Å². The molecule has 3 N–H and O–H groups in total. The van der Waals surface area contributed by atoms with Crippen molar-refractivity contribution in [2.45, 2.75) is 39.2 Å². The summed E-state index contributed by atoms with van der Waals surface area (Å²) in [7, 11) is 0. The average Bonchev–Trinajstić information content (AvgIpc) is 3.52. The van der Waals surface area contributed by atoms with Gasteiger partial charge in [0.1, 0.15) is 22.2 Å². The average molecular weight is 555 g/mol. The molecule has 0 fully saturated rings. The van der Waals surface area contributed by atoms with Crippen molar-refractivity contribution in [1.29, 1.82) is 0 Å². The number of nitrogens with one attached hydrogen (secondary N) is 1. The number of primary amides is 1. The topological polar surface area (TPSA) is 107 Å². The Morgan fingerprint density at radius 2 is 1.77 bits per heavy atom. The van der Waals surface area contributed by atoms with Gasteiger partial charge in [-0.05, 0) is 55.9 Å². The fraction of sp³-hybridized carbons (Fsp3) is 0.200. The number of aryl methyl sites for hydroxylation is 3. The van der Waals surface area contributed by atoms with E-state index >= 15 is 0 Å². The van der Waals surface area contributed by atoms with Crippen LogP contribution in [0.15, 0.2) is 65.5 Å². The summed E-state index contributed by atoms with van der Waals surface area (Å²) in [5.41, 5.74) is 9.46. The summed E-state index contributed by atoms with van der Waals surface area (Å²) in [5, 5.41) is 3.83. The van der Waals surface area contributed by atoms with Crippen LogP contribution in [0.25, 0.3) is 32.0 Å². The van der Waals surface area contributed by atoms with Crippen molar-refractivity contribution in [2.24, 2.45) is 5.73 Å². The van der Waals surface area contributed by atoms with E-state index < -0.39 is 11.8 Å². The molecule has 1 aliphatic carbocycles. The van der Waals surface area contributed by atoms with Gasteiger partial charge in [0.2, 0.25) is 5.91 Å². The molecule has 6 rings (SSSR count). The number of fused-ring (bicyclic) bond motifs is 3. The van der Waals surface area contributed by atoms with E-state index in [2.05, 4.69) is 5.32 Å². The molecule has 3 heterocycles. The molecule has 1 aliphatic rings. The Morgan fingerprint density at radius 1 is 1.00 bits per heavy atom. The van der Waals surface area contributed by atoms with Crippen LogP contribution in [0.5, 0.6) is 0 Å². The highest BCUT2D eigenvalue weighted by molar-refractivity contribution is 7.20. The smallest absolute Gasteiger partial charge is 0.263 e. The standard InChI is InChI=1S/C30H26N4O3S2/c1-17-8-7-11-19(14-17)27-33-29-25(20-12-5-6-13-22(20)38-29)30(37)34(27)16-24(35)32-28-21(26(31)36)15-23(39-28)18-9-3-2-4-10-18/h2-4,7-11,14-15H,5-6,12-13,16H2,1H3,(H2,31,36)(H,32,35). The third kappa shape index (κ3) is 4.79. The zero-order chi connectivity index (χ0) is 27.1. The zero-order valence-corrected chi connectivity index (χ0v) is 23.0. The number of nitrogens with zero attached hydrogens (tertiary/aromatic N) is 2. The molecule has 0 atom stereocenters. The molecule has 7 nitrogen and oxygen atoms in total. The first-order valence-electron chi connectivity index (χ1n) is 12.8. The van der Waals surface area contributed by atoms with E-state index in [4.69, 9.17) is 10.7 Å². The Balaban J connectivity index is 1.41. The van der Waals surface area contributed by atoms with Crippen LogP contribution in [0.3, 0.4) is 0 Å². The van der Waals surface area contributed by atoms with Crippen molar-refractivity contribution in [1.82, 2.24) is 9.55 Å². The summed E-state index contributed by atoms with van der Waals surface area (Å²) in [6, 6.07) is 19.0. The van der Waals surface area contributed by atoms with Crippen molar-refractivity contribution in [3.05, 3.63) is 92.6 Å². The zero-order valence-electron chi connectivity index (χ0n) is 21.3. The van der Waals surface area contributed by atoms with Crippen molar-refractivity contribution in [3.63, 3.8) is 0 Å². The Bertz CT molecular complexity index is 1800. The number of carbonyl (C=O) groups excluding carboxylic acids is 2. The van der Waals surface area contributed by atoms with Crippen LogP contribution < -0.4 is 16.6 Å². The van der Waals surface area contributed by atoms with Gasteiger partial charge >= 0.3 is 0 Å². The minimum atomic E-state index is -0.630. The normalized spacial score (nSPS) is 12.8. The van der Waals surface area contributed by atoms with Gasteiger partial charge in [-0.3, -0.25) is 19.0 Å². The summed E-state index contributed by atoms with van der Waals surface area (Å²) in [6.07, 6.45) is 3.95. The lowest BCUT2D eigenvalue weighted by Crippen LogP contribution is -2.30. The van der Waals surface area contributed by atoms with Crippen molar-refractivity contribution in [2.75, 3.05) is 5.32 Å².